The van der Waals surface area contributed by atoms with Gasteiger partial charge in [0.05, 0.1) is 6.61 Å². The first-order valence-electron chi connectivity index (χ1n) is 10.7. The van der Waals surface area contributed by atoms with Crippen LogP contribution in [-0.4, -0.2) is 25.2 Å². The Kier molecular flexibility index (Phi) is 7.52. The number of allylic oxidation sites excluding steroid dienone is 3. The largest absolute Gasteiger partial charge is 0.466 e. The molecule has 0 amide bonds. The van der Waals surface area contributed by atoms with Crippen molar-refractivity contribution >= 4 is 11.9 Å². The fourth-order valence-corrected chi connectivity index (χ4v) is 5.37. The van der Waals surface area contributed by atoms with E-state index in [1.807, 2.05) is 0 Å². The highest BCUT2D eigenvalue weighted by Crippen LogP contribution is 2.61. The van der Waals surface area contributed by atoms with Crippen molar-refractivity contribution in [2.45, 2.75) is 80.1 Å². The van der Waals surface area contributed by atoms with Crippen LogP contribution in [0.5, 0.6) is 0 Å². The number of rotatable bonds is 7. The number of carbonyl (C=O) groups is 2. The maximum Gasteiger partial charge on any atom is 0.302 e. The quantitative estimate of drug-likeness (QED) is 0.418. The molecule has 2 aliphatic carbocycles. The van der Waals surface area contributed by atoms with E-state index in [2.05, 4.69) is 39.8 Å². The maximum atomic E-state index is 11.3. The Morgan fingerprint density at radius 1 is 1.18 bits per heavy atom. The van der Waals surface area contributed by atoms with Gasteiger partial charge in [0.2, 0.25) is 0 Å². The zero-order chi connectivity index (χ0) is 20.9. The molecule has 2 rings (SSSR count). The Morgan fingerprint density at radius 2 is 1.86 bits per heavy atom. The zero-order valence-corrected chi connectivity index (χ0v) is 18.6. The third-order valence-corrected chi connectivity index (χ3v) is 7.61. The first-order valence-corrected chi connectivity index (χ1v) is 10.7. The van der Waals surface area contributed by atoms with Gasteiger partial charge < -0.3 is 9.47 Å². The number of fused-ring (bicyclic) bond motifs is 1. The molecule has 2 aliphatic rings. The van der Waals surface area contributed by atoms with Crippen LogP contribution >= 0.6 is 0 Å². The lowest BCUT2D eigenvalue weighted by Gasteiger charge is -2.58. The molecule has 0 aromatic carbocycles. The van der Waals surface area contributed by atoms with Gasteiger partial charge in [0, 0.05) is 20.3 Å². The van der Waals surface area contributed by atoms with Crippen molar-refractivity contribution < 1.29 is 19.1 Å². The van der Waals surface area contributed by atoms with E-state index in [9.17, 15) is 9.59 Å². The molecule has 0 N–H and O–H groups in total. The average Bonchev–Trinajstić information content (AvgIpc) is 2.62. The molecular weight excluding hydrogens is 352 g/mol. The van der Waals surface area contributed by atoms with Gasteiger partial charge in [0.15, 0.2) is 0 Å². The SMILES string of the molecule is CC(=O)OCCC(=CCC1(C)C(C)CCC2(C)C(C)=CCCC21)COC(C)=O. The van der Waals surface area contributed by atoms with Crippen LogP contribution in [-0.2, 0) is 19.1 Å². The molecule has 4 nitrogen and oxygen atoms in total. The van der Waals surface area contributed by atoms with Gasteiger partial charge in [-0.25, -0.2) is 0 Å². The van der Waals surface area contributed by atoms with E-state index in [0.29, 0.717) is 30.3 Å². The summed E-state index contributed by atoms with van der Waals surface area (Å²) in [4.78, 5) is 22.4. The van der Waals surface area contributed by atoms with Gasteiger partial charge in [-0.05, 0) is 67.3 Å². The van der Waals surface area contributed by atoms with Crippen molar-refractivity contribution in [1.82, 2.24) is 0 Å². The first kappa shape index (κ1) is 22.7. The molecule has 28 heavy (non-hydrogen) atoms. The minimum Gasteiger partial charge on any atom is -0.466 e. The van der Waals surface area contributed by atoms with Crippen LogP contribution in [0.1, 0.15) is 80.1 Å². The van der Waals surface area contributed by atoms with E-state index in [1.165, 1.54) is 39.5 Å². The molecule has 0 bridgehead atoms. The molecule has 1 fully saturated rings. The Labute approximate surface area is 170 Å². The third-order valence-electron chi connectivity index (χ3n) is 7.61. The first-order chi connectivity index (χ1) is 13.1. The molecule has 0 spiro atoms. The topological polar surface area (TPSA) is 52.6 Å². The average molecular weight is 391 g/mol. The van der Waals surface area contributed by atoms with Crippen LogP contribution in [0.25, 0.3) is 0 Å². The molecule has 4 unspecified atom stereocenters. The third kappa shape index (κ3) is 5.07. The highest BCUT2D eigenvalue weighted by molar-refractivity contribution is 5.66. The van der Waals surface area contributed by atoms with Crippen molar-refractivity contribution in [3.63, 3.8) is 0 Å². The van der Waals surface area contributed by atoms with Crippen LogP contribution in [0.3, 0.4) is 0 Å². The lowest BCUT2D eigenvalue weighted by atomic mass is 9.47. The van der Waals surface area contributed by atoms with Crippen LogP contribution in [0.2, 0.25) is 0 Å². The highest BCUT2D eigenvalue weighted by atomic mass is 16.5. The molecule has 0 aromatic heterocycles. The number of esters is 2. The number of hydrogen-bond donors (Lipinski definition) is 0. The Morgan fingerprint density at radius 3 is 2.50 bits per heavy atom. The summed E-state index contributed by atoms with van der Waals surface area (Å²) in [5.41, 5.74) is 3.10. The summed E-state index contributed by atoms with van der Waals surface area (Å²) < 4.78 is 10.4. The molecule has 4 atom stereocenters. The number of ether oxygens (including phenoxy) is 2. The van der Waals surface area contributed by atoms with E-state index in [4.69, 9.17) is 9.47 Å². The molecule has 0 heterocycles. The molecule has 0 radical (unpaired) electrons. The summed E-state index contributed by atoms with van der Waals surface area (Å²) >= 11 is 0. The molecule has 0 aromatic rings. The minimum atomic E-state index is -0.281. The summed E-state index contributed by atoms with van der Waals surface area (Å²) in [6.45, 7) is 13.1. The predicted octanol–water partition coefficient (Wildman–Crippen LogP) is 5.62. The van der Waals surface area contributed by atoms with Gasteiger partial charge >= 0.3 is 11.9 Å². The Hall–Kier alpha value is -1.58. The minimum absolute atomic E-state index is 0.214. The lowest BCUT2D eigenvalue weighted by Crippen LogP contribution is -2.49. The normalized spacial score (nSPS) is 32.9. The van der Waals surface area contributed by atoms with Gasteiger partial charge in [-0.15, -0.1) is 0 Å². The van der Waals surface area contributed by atoms with E-state index in [-0.39, 0.29) is 24.0 Å². The lowest BCUT2D eigenvalue weighted by molar-refractivity contribution is -0.142. The molecular formula is C24H38O4. The van der Waals surface area contributed by atoms with Crippen molar-refractivity contribution in [3.05, 3.63) is 23.3 Å². The van der Waals surface area contributed by atoms with Crippen LogP contribution in [0.15, 0.2) is 23.3 Å². The van der Waals surface area contributed by atoms with Crippen molar-refractivity contribution in [1.29, 1.82) is 0 Å². The molecule has 0 aliphatic heterocycles. The number of carbonyl (C=O) groups excluding carboxylic acids is 2. The van der Waals surface area contributed by atoms with Crippen molar-refractivity contribution in [2.75, 3.05) is 13.2 Å². The fraction of sp³-hybridized carbons (Fsp3) is 0.750. The number of hydrogen-bond acceptors (Lipinski definition) is 4. The standard InChI is InChI=1S/C24H38O4/c1-17-8-7-9-22-23(17,5)13-10-18(2)24(22,6)14-11-21(16-28-20(4)26)12-15-27-19(3)25/h8,11,18,22H,7,9-10,12-16H2,1-6H3. The van der Waals surface area contributed by atoms with Gasteiger partial charge in [-0.2, -0.15) is 0 Å². The smallest absolute Gasteiger partial charge is 0.302 e. The predicted molar refractivity (Wildman–Crippen MR) is 112 cm³/mol. The second-order valence-corrected chi connectivity index (χ2v) is 9.32. The van der Waals surface area contributed by atoms with Gasteiger partial charge in [-0.3, -0.25) is 9.59 Å². The van der Waals surface area contributed by atoms with Crippen molar-refractivity contribution in [3.8, 4) is 0 Å². The molecule has 0 saturated heterocycles. The zero-order valence-electron chi connectivity index (χ0n) is 18.6. The Bertz CT molecular complexity index is 647. The van der Waals surface area contributed by atoms with Gasteiger partial charge in [0.1, 0.15) is 6.61 Å². The van der Waals surface area contributed by atoms with E-state index in [0.717, 1.165) is 12.0 Å². The van der Waals surface area contributed by atoms with Gasteiger partial charge in [0.25, 0.3) is 0 Å². The second kappa shape index (κ2) is 9.28. The second-order valence-electron chi connectivity index (χ2n) is 9.32. The highest BCUT2D eigenvalue weighted by Gasteiger charge is 2.52. The molecule has 1 saturated carbocycles. The maximum absolute atomic E-state index is 11.3. The summed E-state index contributed by atoms with van der Waals surface area (Å²) in [6, 6.07) is 0. The Balaban J connectivity index is 2.19. The molecule has 158 valence electrons. The van der Waals surface area contributed by atoms with E-state index < -0.39 is 0 Å². The van der Waals surface area contributed by atoms with E-state index in [1.54, 1.807) is 5.57 Å². The summed E-state index contributed by atoms with van der Waals surface area (Å²) in [7, 11) is 0. The molecule has 4 heteroatoms. The van der Waals surface area contributed by atoms with Gasteiger partial charge in [-0.1, -0.05) is 38.5 Å². The van der Waals surface area contributed by atoms with Crippen molar-refractivity contribution in [2.24, 2.45) is 22.7 Å². The summed E-state index contributed by atoms with van der Waals surface area (Å²) in [6.07, 6.45) is 11.2. The van der Waals surface area contributed by atoms with Crippen LogP contribution in [0.4, 0.5) is 0 Å². The van der Waals surface area contributed by atoms with E-state index >= 15 is 0 Å². The fourth-order valence-electron chi connectivity index (χ4n) is 5.37. The monoisotopic (exact) mass is 390 g/mol. The van der Waals surface area contributed by atoms with Crippen LogP contribution in [0, 0.1) is 22.7 Å². The summed E-state index contributed by atoms with van der Waals surface area (Å²) in [5, 5.41) is 0. The van der Waals surface area contributed by atoms with Crippen LogP contribution < -0.4 is 0 Å². The summed E-state index contributed by atoms with van der Waals surface area (Å²) in [5.74, 6) is 0.751.